The van der Waals surface area contributed by atoms with Gasteiger partial charge < -0.3 is 0 Å². The van der Waals surface area contributed by atoms with Crippen LogP contribution >= 0.6 is 0 Å². The average molecular weight is 322 g/mol. The van der Waals surface area contributed by atoms with Crippen LogP contribution < -0.4 is 0 Å². The van der Waals surface area contributed by atoms with Crippen molar-refractivity contribution in [3.8, 4) is 0 Å². The normalized spacial score (nSPS) is 21.3. The van der Waals surface area contributed by atoms with Crippen molar-refractivity contribution in [2.45, 2.75) is 50.9 Å². The lowest BCUT2D eigenvalue weighted by molar-refractivity contribution is 0.117. The van der Waals surface area contributed by atoms with Crippen LogP contribution in [-0.4, -0.2) is 36.0 Å². The number of benzene rings is 2. The van der Waals surface area contributed by atoms with Crippen LogP contribution in [0.25, 0.3) is 0 Å². The summed E-state index contributed by atoms with van der Waals surface area (Å²) in [6.07, 6.45) is 5.25. The molecule has 0 aromatic heterocycles. The van der Waals surface area contributed by atoms with Crippen LogP contribution in [0.5, 0.6) is 0 Å². The summed E-state index contributed by atoms with van der Waals surface area (Å²) >= 11 is 0. The smallest absolute Gasteiger partial charge is 0.0233 e. The summed E-state index contributed by atoms with van der Waals surface area (Å²) in [6, 6.07) is 23.1. The van der Waals surface area contributed by atoms with Crippen molar-refractivity contribution in [2.24, 2.45) is 0 Å². The molecule has 0 spiro atoms. The Labute approximate surface area is 147 Å². The minimum atomic E-state index is 0.728. The van der Waals surface area contributed by atoms with Crippen molar-refractivity contribution in [3.05, 3.63) is 71.8 Å². The highest BCUT2D eigenvalue weighted by atomic mass is 15.2. The molecule has 2 heteroatoms. The van der Waals surface area contributed by atoms with E-state index in [1.54, 1.807) is 0 Å². The summed E-state index contributed by atoms with van der Waals surface area (Å²) in [4.78, 5) is 5.09. The molecule has 1 aliphatic carbocycles. The van der Waals surface area contributed by atoms with E-state index < -0.39 is 0 Å². The molecule has 0 saturated heterocycles. The largest absolute Gasteiger partial charge is 0.299 e. The Morgan fingerprint density at radius 1 is 0.625 bits per heavy atom. The van der Waals surface area contributed by atoms with Gasteiger partial charge in [0.1, 0.15) is 0 Å². The van der Waals surface area contributed by atoms with Gasteiger partial charge in [0.05, 0.1) is 0 Å². The molecule has 128 valence electrons. The van der Waals surface area contributed by atoms with Crippen LogP contribution in [0.1, 0.15) is 36.8 Å². The summed E-state index contributed by atoms with van der Waals surface area (Å²) in [5.41, 5.74) is 2.84. The van der Waals surface area contributed by atoms with E-state index in [2.05, 4.69) is 84.6 Å². The summed E-state index contributed by atoms with van der Waals surface area (Å²) in [5, 5.41) is 0. The SMILES string of the molecule is CN(Cc1ccccc1)C1CCC(N(C)Cc2ccccc2)CC1. The molecule has 0 aliphatic heterocycles. The third-order valence-corrected chi connectivity index (χ3v) is 5.46. The van der Waals surface area contributed by atoms with Gasteiger partial charge in [0.25, 0.3) is 0 Å². The molecule has 0 bridgehead atoms. The third-order valence-electron chi connectivity index (χ3n) is 5.46. The van der Waals surface area contributed by atoms with Gasteiger partial charge in [0.15, 0.2) is 0 Å². The molecule has 0 N–H and O–H groups in total. The molecule has 0 heterocycles. The first-order chi connectivity index (χ1) is 11.7. The van der Waals surface area contributed by atoms with Crippen molar-refractivity contribution in [3.63, 3.8) is 0 Å². The van der Waals surface area contributed by atoms with E-state index in [1.165, 1.54) is 36.8 Å². The molecule has 0 atom stereocenters. The highest BCUT2D eigenvalue weighted by Gasteiger charge is 2.26. The standard InChI is InChI=1S/C22H30N2/c1-23(17-19-9-5-3-6-10-19)21-13-15-22(16-14-21)24(2)18-20-11-7-4-8-12-20/h3-12,21-22H,13-18H2,1-2H3. The Hall–Kier alpha value is -1.64. The molecular weight excluding hydrogens is 292 g/mol. The third kappa shape index (κ3) is 4.68. The molecule has 2 aromatic carbocycles. The van der Waals surface area contributed by atoms with Crippen molar-refractivity contribution in [2.75, 3.05) is 14.1 Å². The van der Waals surface area contributed by atoms with E-state index in [4.69, 9.17) is 0 Å². The van der Waals surface area contributed by atoms with Crippen LogP contribution in [0, 0.1) is 0 Å². The minimum Gasteiger partial charge on any atom is -0.299 e. The fourth-order valence-corrected chi connectivity index (χ4v) is 3.94. The van der Waals surface area contributed by atoms with Gasteiger partial charge in [-0.25, -0.2) is 0 Å². The molecule has 2 nitrogen and oxygen atoms in total. The number of rotatable bonds is 6. The monoisotopic (exact) mass is 322 g/mol. The zero-order valence-electron chi connectivity index (χ0n) is 15.1. The van der Waals surface area contributed by atoms with Gasteiger partial charge >= 0.3 is 0 Å². The lowest BCUT2D eigenvalue weighted by Gasteiger charge is -2.38. The average Bonchev–Trinajstić information content (AvgIpc) is 2.63. The number of nitrogens with zero attached hydrogens (tertiary/aromatic N) is 2. The van der Waals surface area contributed by atoms with Gasteiger partial charge in [-0.15, -0.1) is 0 Å². The minimum absolute atomic E-state index is 0.728. The van der Waals surface area contributed by atoms with Gasteiger partial charge in [0.2, 0.25) is 0 Å². The Morgan fingerprint density at radius 2 is 0.958 bits per heavy atom. The zero-order valence-corrected chi connectivity index (χ0v) is 15.1. The van der Waals surface area contributed by atoms with E-state index in [9.17, 15) is 0 Å². The Morgan fingerprint density at radius 3 is 1.29 bits per heavy atom. The predicted molar refractivity (Wildman–Crippen MR) is 102 cm³/mol. The fourth-order valence-electron chi connectivity index (χ4n) is 3.94. The Kier molecular flexibility index (Phi) is 6.06. The summed E-state index contributed by atoms with van der Waals surface area (Å²) in [7, 11) is 4.57. The second kappa shape index (κ2) is 8.46. The maximum atomic E-state index is 2.54. The molecule has 0 unspecified atom stereocenters. The van der Waals surface area contributed by atoms with Gasteiger partial charge in [0, 0.05) is 25.2 Å². The van der Waals surface area contributed by atoms with Crippen LogP contribution in [-0.2, 0) is 13.1 Å². The first-order valence-corrected chi connectivity index (χ1v) is 9.20. The van der Waals surface area contributed by atoms with E-state index in [0.29, 0.717) is 0 Å². The summed E-state index contributed by atoms with van der Waals surface area (Å²) < 4.78 is 0. The number of hydrogen-bond donors (Lipinski definition) is 0. The van der Waals surface area contributed by atoms with E-state index in [-0.39, 0.29) is 0 Å². The molecule has 3 rings (SSSR count). The number of hydrogen-bond acceptors (Lipinski definition) is 2. The highest BCUT2D eigenvalue weighted by Crippen LogP contribution is 2.27. The molecule has 24 heavy (non-hydrogen) atoms. The zero-order chi connectivity index (χ0) is 16.8. The van der Waals surface area contributed by atoms with Crippen LogP contribution in [0.15, 0.2) is 60.7 Å². The second-order valence-electron chi connectivity index (χ2n) is 7.26. The van der Waals surface area contributed by atoms with Crippen LogP contribution in [0.2, 0.25) is 0 Å². The Bertz CT molecular complexity index is 532. The van der Waals surface area contributed by atoms with E-state index >= 15 is 0 Å². The predicted octanol–water partition coefficient (Wildman–Crippen LogP) is 4.56. The lowest BCUT2D eigenvalue weighted by Crippen LogP contribution is -2.41. The van der Waals surface area contributed by atoms with Gasteiger partial charge in [-0.2, -0.15) is 0 Å². The molecule has 1 saturated carbocycles. The van der Waals surface area contributed by atoms with Gasteiger partial charge in [-0.05, 0) is 50.9 Å². The molecule has 1 fully saturated rings. The molecule has 1 aliphatic rings. The highest BCUT2D eigenvalue weighted by molar-refractivity contribution is 5.15. The van der Waals surface area contributed by atoms with Crippen LogP contribution in [0.3, 0.4) is 0 Å². The lowest BCUT2D eigenvalue weighted by atomic mass is 9.89. The quantitative estimate of drug-likeness (QED) is 0.769. The summed E-state index contributed by atoms with van der Waals surface area (Å²) in [5.74, 6) is 0. The van der Waals surface area contributed by atoms with E-state index in [1.807, 2.05) is 0 Å². The van der Waals surface area contributed by atoms with Crippen molar-refractivity contribution in [1.82, 2.24) is 9.80 Å². The van der Waals surface area contributed by atoms with Crippen molar-refractivity contribution >= 4 is 0 Å². The van der Waals surface area contributed by atoms with Crippen LogP contribution in [0.4, 0.5) is 0 Å². The maximum Gasteiger partial charge on any atom is 0.0233 e. The first-order valence-electron chi connectivity index (χ1n) is 9.20. The van der Waals surface area contributed by atoms with Gasteiger partial charge in [-0.1, -0.05) is 60.7 Å². The van der Waals surface area contributed by atoms with E-state index in [0.717, 1.165) is 25.2 Å². The van der Waals surface area contributed by atoms with Crippen molar-refractivity contribution < 1.29 is 0 Å². The van der Waals surface area contributed by atoms with Crippen molar-refractivity contribution in [1.29, 1.82) is 0 Å². The molecule has 2 aromatic rings. The second-order valence-corrected chi connectivity index (χ2v) is 7.26. The molecule has 0 radical (unpaired) electrons. The fraction of sp³-hybridized carbons (Fsp3) is 0.455. The summed E-state index contributed by atoms with van der Waals surface area (Å²) in [6.45, 7) is 2.13. The molecular formula is C22H30N2. The van der Waals surface area contributed by atoms with Gasteiger partial charge in [-0.3, -0.25) is 9.80 Å². The molecule has 0 amide bonds. The Balaban J connectivity index is 1.46. The topological polar surface area (TPSA) is 6.48 Å². The first kappa shape index (κ1) is 17.2. The maximum absolute atomic E-state index is 2.54.